The van der Waals surface area contributed by atoms with Crippen molar-refractivity contribution in [1.82, 2.24) is 9.62 Å². The molecule has 1 N–H and O–H groups in total. The average Bonchev–Trinajstić information content (AvgIpc) is 2.62. The topological polar surface area (TPSA) is 66.5 Å². The molecule has 0 spiro atoms. The molecule has 2 aromatic carbocycles. The van der Waals surface area contributed by atoms with Gasteiger partial charge in [0.1, 0.15) is 5.82 Å². The molecule has 0 unspecified atom stereocenters. The summed E-state index contributed by atoms with van der Waals surface area (Å²) in [6.45, 7) is 0.526. The first kappa shape index (κ1) is 20.1. The number of sulfonamides is 1. The second kappa shape index (κ2) is 8.91. The largest absolute Gasteiger partial charge is 0.352 e. The Hall–Kier alpha value is -2.25. The van der Waals surface area contributed by atoms with Gasteiger partial charge in [0.2, 0.25) is 10.0 Å². The minimum absolute atomic E-state index is 0.151. The number of hydrogen-bond acceptors (Lipinski definition) is 3. The molecule has 7 heteroatoms. The van der Waals surface area contributed by atoms with Crippen molar-refractivity contribution in [1.29, 1.82) is 0 Å². The van der Waals surface area contributed by atoms with Crippen LogP contribution in [0.2, 0.25) is 0 Å². The molecule has 0 radical (unpaired) electrons. The monoisotopic (exact) mass is 378 g/mol. The summed E-state index contributed by atoms with van der Waals surface area (Å²) < 4.78 is 37.9. The average molecular weight is 378 g/mol. The minimum Gasteiger partial charge on any atom is -0.352 e. The summed E-state index contributed by atoms with van der Waals surface area (Å²) in [5.41, 5.74) is 1.48. The molecule has 0 fully saturated rings. The Morgan fingerprint density at radius 1 is 1.00 bits per heavy atom. The molecule has 5 nitrogen and oxygen atoms in total. The molecule has 0 aliphatic carbocycles. The van der Waals surface area contributed by atoms with Gasteiger partial charge < -0.3 is 5.32 Å². The summed E-state index contributed by atoms with van der Waals surface area (Å²) in [5.74, 6) is -0.481. The van der Waals surface area contributed by atoms with Gasteiger partial charge >= 0.3 is 0 Å². The first-order valence-corrected chi connectivity index (χ1v) is 9.80. The van der Waals surface area contributed by atoms with Crippen molar-refractivity contribution in [2.24, 2.45) is 0 Å². The van der Waals surface area contributed by atoms with Crippen LogP contribution in [0.4, 0.5) is 4.39 Å². The molecule has 0 aromatic heterocycles. The van der Waals surface area contributed by atoms with Crippen molar-refractivity contribution >= 4 is 15.9 Å². The highest BCUT2D eigenvalue weighted by Crippen LogP contribution is 2.14. The Bertz CT molecular complexity index is 832. The summed E-state index contributed by atoms with van der Waals surface area (Å²) in [4.78, 5) is 12.2. The molecule has 2 aromatic rings. The van der Waals surface area contributed by atoms with Crippen LogP contribution in [-0.4, -0.2) is 39.3 Å². The molecular weight excluding hydrogens is 355 g/mol. The molecule has 2 rings (SSSR count). The van der Waals surface area contributed by atoms with Gasteiger partial charge in [0.15, 0.2) is 0 Å². The lowest BCUT2D eigenvalue weighted by Gasteiger charge is -2.11. The van der Waals surface area contributed by atoms with E-state index in [0.717, 1.165) is 29.1 Å². The van der Waals surface area contributed by atoms with Gasteiger partial charge in [-0.3, -0.25) is 4.79 Å². The number of halogens is 1. The number of carbonyl (C=O) groups excluding carboxylic acids is 1. The zero-order valence-electron chi connectivity index (χ0n) is 14.9. The maximum atomic E-state index is 12.8. The fourth-order valence-corrected chi connectivity index (χ4v) is 3.30. The van der Waals surface area contributed by atoms with E-state index in [1.54, 1.807) is 12.1 Å². The molecule has 0 saturated heterocycles. The third-order valence-electron chi connectivity index (χ3n) is 3.99. The summed E-state index contributed by atoms with van der Waals surface area (Å²) >= 11 is 0. The second-order valence-corrected chi connectivity index (χ2v) is 8.30. The van der Waals surface area contributed by atoms with Gasteiger partial charge in [-0.1, -0.05) is 12.1 Å². The van der Waals surface area contributed by atoms with E-state index < -0.39 is 10.0 Å². The molecule has 0 bridgehead atoms. The fourth-order valence-electron chi connectivity index (χ4n) is 2.40. The highest BCUT2D eigenvalue weighted by Gasteiger charge is 2.17. The van der Waals surface area contributed by atoms with Crippen LogP contribution in [-0.2, 0) is 16.4 Å². The van der Waals surface area contributed by atoms with E-state index in [2.05, 4.69) is 5.32 Å². The first-order chi connectivity index (χ1) is 12.3. The van der Waals surface area contributed by atoms with Crippen LogP contribution < -0.4 is 5.32 Å². The number of benzene rings is 2. The van der Waals surface area contributed by atoms with E-state index in [1.807, 2.05) is 0 Å². The molecule has 0 heterocycles. The van der Waals surface area contributed by atoms with Crippen LogP contribution in [0.25, 0.3) is 0 Å². The first-order valence-electron chi connectivity index (χ1n) is 8.36. The lowest BCUT2D eigenvalue weighted by molar-refractivity contribution is 0.0953. The van der Waals surface area contributed by atoms with Crippen molar-refractivity contribution in [3.8, 4) is 0 Å². The van der Waals surface area contributed by atoms with Gasteiger partial charge in [-0.25, -0.2) is 17.1 Å². The Labute approximate surface area is 153 Å². The Morgan fingerprint density at radius 2 is 1.62 bits per heavy atom. The van der Waals surface area contributed by atoms with Gasteiger partial charge in [-0.2, -0.15) is 0 Å². The van der Waals surface area contributed by atoms with E-state index in [9.17, 15) is 17.6 Å². The molecule has 0 aliphatic heterocycles. The van der Waals surface area contributed by atoms with E-state index in [0.29, 0.717) is 12.1 Å². The molecule has 0 atom stereocenters. The zero-order chi connectivity index (χ0) is 19.2. The van der Waals surface area contributed by atoms with E-state index in [4.69, 9.17) is 0 Å². The number of nitrogens with one attached hydrogen (secondary N) is 1. The van der Waals surface area contributed by atoms with Crippen molar-refractivity contribution in [3.05, 3.63) is 65.5 Å². The van der Waals surface area contributed by atoms with E-state index in [-0.39, 0.29) is 16.6 Å². The highest BCUT2D eigenvalue weighted by atomic mass is 32.2. The summed E-state index contributed by atoms with van der Waals surface area (Å²) in [7, 11) is -0.574. The third kappa shape index (κ3) is 5.37. The number of hydrogen-bond donors (Lipinski definition) is 1. The van der Waals surface area contributed by atoms with Crippen molar-refractivity contribution in [2.75, 3.05) is 20.6 Å². The van der Waals surface area contributed by atoms with Crippen LogP contribution in [0.15, 0.2) is 53.4 Å². The number of rotatable bonds is 8. The maximum Gasteiger partial charge on any atom is 0.251 e. The van der Waals surface area contributed by atoms with Crippen LogP contribution in [0.3, 0.4) is 0 Å². The van der Waals surface area contributed by atoms with Crippen molar-refractivity contribution in [2.45, 2.75) is 24.2 Å². The maximum absolute atomic E-state index is 12.8. The Morgan fingerprint density at radius 3 is 2.19 bits per heavy atom. The number of amides is 1. The molecule has 1 amide bonds. The lowest BCUT2D eigenvalue weighted by atomic mass is 10.1. The Balaban J connectivity index is 1.78. The normalized spacial score (nSPS) is 11.5. The summed E-state index contributed by atoms with van der Waals surface area (Å²) in [6, 6.07) is 12.3. The molecule has 26 heavy (non-hydrogen) atoms. The van der Waals surface area contributed by atoms with Crippen LogP contribution in [0.1, 0.15) is 28.8 Å². The molecule has 140 valence electrons. The van der Waals surface area contributed by atoms with E-state index >= 15 is 0 Å². The standard InChI is InChI=1S/C19H23FN2O3S/c1-22(2)26(24,25)18-12-8-16(9-13-18)19(23)21-14-4-3-5-15-6-10-17(20)11-7-15/h6-13H,3-5,14H2,1-2H3,(H,21,23). The van der Waals surface area contributed by atoms with Gasteiger partial charge in [-0.05, 0) is 61.2 Å². The zero-order valence-corrected chi connectivity index (χ0v) is 15.7. The fraction of sp³-hybridized carbons (Fsp3) is 0.316. The smallest absolute Gasteiger partial charge is 0.251 e. The molecular formula is C19H23FN2O3S. The highest BCUT2D eigenvalue weighted by molar-refractivity contribution is 7.89. The lowest BCUT2D eigenvalue weighted by Crippen LogP contribution is -2.25. The third-order valence-corrected chi connectivity index (χ3v) is 5.82. The Kier molecular flexibility index (Phi) is 6.88. The van der Waals surface area contributed by atoms with Gasteiger partial charge in [0.25, 0.3) is 5.91 Å². The number of aryl methyl sites for hydroxylation is 1. The quantitative estimate of drug-likeness (QED) is 0.719. The molecule has 0 saturated carbocycles. The van der Waals surface area contributed by atoms with Crippen LogP contribution in [0.5, 0.6) is 0 Å². The number of carbonyl (C=O) groups is 1. The SMILES string of the molecule is CN(C)S(=O)(=O)c1ccc(C(=O)NCCCCc2ccc(F)cc2)cc1. The number of nitrogens with zero attached hydrogens (tertiary/aromatic N) is 1. The van der Waals surface area contributed by atoms with Gasteiger partial charge in [-0.15, -0.1) is 0 Å². The predicted octanol–water partition coefficient (Wildman–Crippen LogP) is 2.83. The predicted molar refractivity (Wildman–Crippen MR) is 99.0 cm³/mol. The second-order valence-electron chi connectivity index (χ2n) is 6.15. The number of unbranched alkanes of at least 4 members (excludes halogenated alkanes) is 1. The van der Waals surface area contributed by atoms with Crippen molar-refractivity contribution < 1.29 is 17.6 Å². The van der Waals surface area contributed by atoms with Gasteiger partial charge in [0.05, 0.1) is 4.90 Å². The molecule has 0 aliphatic rings. The van der Waals surface area contributed by atoms with Crippen LogP contribution >= 0.6 is 0 Å². The van der Waals surface area contributed by atoms with Crippen LogP contribution in [0, 0.1) is 5.82 Å². The minimum atomic E-state index is -3.49. The van der Waals surface area contributed by atoms with E-state index in [1.165, 1.54) is 50.5 Å². The summed E-state index contributed by atoms with van der Waals surface area (Å²) in [6.07, 6.45) is 2.51. The summed E-state index contributed by atoms with van der Waals surface area (Å²) in [5, 5.41) is 2.82. The van der Waals surface area contributed by atoms with Crippen molar-refractivity contribution in [3.63, 3.8) is 0 Å². The van der Waals surface area contributed by atoms with Gasteiger partial charge in [0, 0.05) is 26.2 Å².